The zero-order valence-corrected chi connectivity index (χ0v) is 9.40. The van der Waals surface area contributed by atoms with Gasteiger partial charge in [-0.05, 0) is 24.8 Å². The molecule has 0 spiro atoms. The highest BCUT2D eigenvalue weighted by atomic mass is 16.0. The minimum Gasteiger partial charge on any atom is -0.870 e. The second-order valence-corrected chi connectivity index (χ2v) is 3.46. The highest BCUT2D eigenvalue weighted by Crippen LogP contribution is 2.15. The standard InChI is InChI=1S/C11H23N.H2O/c1-4-7-10(8-5-2)11(12)9-6-3;/h4-9,12H2,1-3H3;1H2. The molecular formula is C11H25NO. The second-order valence-electron chi connectivity index (χ2n) is 3.46. The lowest BCUT2D eigenvalue weighted by atomic mass is 10.0. The van der Waals surface area contributed by atoms with Gasteiger partial charge < -0.3 is 11.2 Å². The average Bonchev–Trinajstić information content (AvgIpc) is 2.04. The molecule has 0 radical (unpaired) electrons. The van der Waals surface area contributed by atoms with E-state index in [1.165, 1.54) is 44.2 Å². The molecule has 0 aliphatic carbocycles. The van der Waals surface area contributed by atoms with Gasteiger partial charge in [0.25, 0.3) is 0 Å². The van der Waals surface area contributed by atoms with Crippen LogP contribution >= 0.6 is 0 Å². The van der Waals surface area contributed by atoms with E-state index in [4.69, 9.17) is 0 Å². The Morgan fingerprint density at radius 2 is 1.23 bits per heavy atom. The fourth-order valence-corrected chi connectivity index (χ4v) is 1.56. The third-order valence-corrected chi connectivity index (χ3v) is 2.16. The molecule has 0 heterocycles. The van der Waals surface area contributed by atoms with Gasteiger partial charge in [0.1, 0.15) is 5.70 Å². The van der Waals surface area contributed by atoms with E-state index in [-0.39, 0.29) is 5.48 Å². The first-order valence-corrected chi connectivity index (χ1v) is 5.29. The molecule has 0 rings (SSSR count). The monoisotopic (exact) mass is 187 g/mol. The molecule has 0 atom stereocenters. The van der Waals surface area contributed by atoms with Gasteiger partial charge in [-0.2, -0.15) is 0 Å². The Bertz CT molecular complexity index is 133. The molecule has 80 valence electrons. The number of rotatable bonds is 6. The van der Waals surface area contributed by atoms with Crippen molar-refractivity contribution in [3.8, 4) is 0 Å². The van der Waals surface area contributed by atoms with Crippen molar-refractivity contribution in [2.45, 2.75) is 59.3 Å². The van der Waals surface area contributed by atoms with Crippen LogP contribution in [0.25, 0.3) is 0 Å². The SMILES string of the molecule is CCCC([NH3+])=C(CCC)CCC.[OH-]. The number of allylic oxidation sites excluding steroid dienone is 2. The third kappa shape index (κ3) is 6.79. The Labute approximate surface area is 82.5 Å². The van der Waals surface area contributed by atoms with E-state index in [2.05, 4.69) is 26.5 Å². The van der Waals surface area contributed by atoms with Crippen molar-refractivity contribution in [1.82, 2.24) is 0 Å². The molecule has 0 fully saturated rings. The molecule has 0 aliphatic rings. The van der Waals surface area contributed by atoms with E-state index >= 15 is 0 Å². The summed E-state index contributed by atoms with van der Waals surface area (Å²) in [6.45, 7) is 6.71. The smallest absolute Gasteiger partial charge is 0.103 e. The molecule has 0 amide bonds. The first kappa shape index (κ1) is 15.1. The van der Waals surface area contributed by atoms with Gasteiger partial charge in [0, 0.05) is 6.42 Å². The Morgan fingerprint density at radius 3 is 1.54 bits per heavy atom. The van der Waals surface area contributed by atoms with Crippen LogP contribution in [0.15, 0.2) is 11.3 Å². The molecule has 2 nitrogen and oxygen atoms in total. The van der Waals surface area contributed by atoms with Crippen LogP contribution in [0.5, 0.6) is 0 Å². The van der Waals surface area contributed by atoms with Crippen molar-refractivity contribution < 1.29 is 11.2 Å². The first-order chi connectivity index (χ1) is 5.76. The van der Waals surface area contributed by atoms with Crippen LogP contribution in [0.3, 0.4) is 0 Å². The molecule has 0 aliphatic heterocycles. The molecule has 0 saturated carbocycles. The Hall–Kier alpha value is -0.340. The van der Waals surface area contributed by atoms with E-state index in [1.54, 1.807) is 5.57 Å². The Kier molecular flexibility index (Phi) is 11.4. The maximum atomic E-state index is 4.14. The normalized spacial score (nSPS) is 9.23. The average molecular weight is 187 g/mol. The Balaban J connectivity index is 0. The summed E-state index contributed by atoms with van der Waals surface area (Å²) < 4.78 is 0. The van der Waals surface area contributed by atoms with Crippen molar-refractivity contribution in [1.29, 1.82) is 0 Å². The van der Waals surface area contributed by atoms with Gasteiger partial charge in [-0.1, -0.05) is 33.6 Å². The predicted molar refractivity (Wildman–Crippen MR) is 56.6 cm³/mol. The lowest BCUT2D eigenvalue weighted by molar-refractivity contribution is -0.308. The van der Waals surface area contributed by atoms with E-state index < -0.39 is 0 Å². The molecule has 0 aromatic carbocycles. The first-order valence-electron chi connectivity index (χ1n) is 5.29. The zero-order chi connectivity index (χ0) is 9.40. The summed E-state index contributed by atoms with van der Waals surface area (Å²) in [6, 6.07) is 0. The number of hydrogen-bond acceptors (Lipinski definition) is 1. The summed E-state index contributed by atoms with van der Waals surface area (Å²) >= 11 is 0. The van der Waals surface area contributed by atoms with E-state index in [1.807, 2.05) is 0 Å². The minimum absolute atomic E-state index is 0. The quantitative estimate of drug-likeness (QED) is 0.683. The summed E-state index contributed by atoms with van der Waals surface area (Å²) in [5.41, 5.74) is 7.16. The van der Waals surface area contributed by atoms with Gasteiger partial charge in [-0.15, -0.1) is 0 Å². The fraction of sp³-hybridized carbons (Fsp3) is 0.818. The van der Waals surface area contributed by atoms with Crippen LogP contribution in [0.2, 0.25) is 0 Å². The van der Waals surface area contributed by atoms with Crippen molar-refractivity contribution in [3.63, 3.8) is 0 Å². The molecule has 0 bridgehead atoms. The lowest BCUT2D eigenvalue weighted by Gasteiger charge is -2.05. The third-order valence-electron chi connectivity index (χ3n) is 2.16. The number of quaternary nitrogens is 1. The van der Waals surface area contributed by atoms with Gasteiger partial charge in [0.2, 0.25) is 0 Å². The number of hydrogen-bond donors (Lipinski definition) is 1. The molecule has 2 heteroatoms. The largest absolute Gasteiger partial charge is 0.870 e. The molecular weight excluding hydrogens is 162 g/mol. The topological polar surface area (TPSA) is 57.6 Å². The summed E-state index contributed by atoms with van der Waals surface area (Å²) in [5.74, 6) is 0. The van der Waals surface area contributed by atoms with Crippen LogP contribution in [0, 0.1) is 0 Å². The highest BCUT2D eigenvalue weighted by Gasteiger charge is 2.03. The maximum absolute atomic E-state index is 4.14. The molecule has 0 aromatic rings. The van der Waals surface area contributed by atoms with Crippen LogP contribution in [0.1, 0.15) is 59.3 Å². The summed E-state index contributed by atoms with van der Waals surface area (Å²) in [6.07, 6.45) is 7.46. The van der Waals surface area contributed by atoms with Crippen LogP contribution < -0.4 is 5.73 Å². The van der Waals surface area contributed by atoms with Crippen LogP contribution in [-0.2, 0) is 0 Å². The Morgan fingerprint density at radius 1 is 0.846 bits per heavy atom. The van der Waals surface area contributed by atoms with Gasteiger partial charge in [0.05, 0.1) is 0 Å². The van der Waals surface area contributed by atoms with Crippen molar-refractivity contribution in [3.05, 3.63) is 11.3 Å². The molecule has 0 saturated heterocycles. The summed E-state index contributed by atoms with van der Waals surface area (Å²) in [7, 11) is 0. The lowest BCUT2D eigenvalue weighted by Crippen LogP contribution is -2.48. The molecule has 4 N–H and O–H groups in total. The van der Waals surface area contributed by atoms with E-state index in [0.717, 1.165) is 0 Å². The van der Waals surface area contributed by atoms with Gasteiger partial charge >= 0.3 is 0 Å². The van der Waals surface area contributed by atoms with Gasteiger partial charge in [0.15, 0.2) is 0 Å². The van der Waals surface area contributed by atoms with Crippen LogP contribution in [-0.4, -0.2) is 5.48 Å². The van der Waals surface area contributed by atoms with Gasteiger partial charge in [-0.3, -0.25) is 0 Å². The molecule has 0 aromatic heterocycles. The summed E-state index contributed by atoms with van der Waals surface area (Å²) in [5, 5.41) is 0. The second kappa shape index (κ2) is 9.75. The molecule has 13 heavy (non-hydrogen) atoms. The van der Waals surface area contributed by atoms with E-state index in [0.29, 0.717) is 0 Å². The predicted octanol–water partition coefficient (Wildman–Crippen LogP) is 2.71. The van der Waals surface area contributed by atoms with Gasteiger partial charge in [-0.25, -0.2) is 0 Å². The maximum Gasteiger partial charge on any atom is 0.103 e. The minimum atomic E-state index is 0. The zero-order valence-electron chi connectivity index (χ0n) is 9.40. The van der Waals surface area contributed by atoms with Crippen molar-refractivity contribution >= 4 is 0 Å². The van der Waals surface area contributed by atoms with E-state index in [9.17, 15) is 0 Å². The van der Waals surface area contributed by atoms with Crippen LogP contribution in [0.4, 0.5) is 0 Å². The molecule has 0 unspecified atom stereocenters. The summed E-state index contributed by atoms with van der Waals surface area (Å²) in [4.78, 5) is 0. The highest BCUT2D eigenvalue weighted by molar-refractivity contribution is 5.06. The van der Waals surface area contributed by atoms with Crippen molar-refractivity contribution in [2.75, 3.05) is 0 Å². The van der Waals surface area contributed by atoms with Crippen molar-refractivity contribution in [2.24, 2.45) is 0 Å². The fourth-order valence-electron chi connectivity index (χ4n) is 1.56.